The number of likely N-dealkylation sites (tertiary alicyclic amines) is 1. The zero-order valence-electron chi connectivity index (χ0n) is 14.9. The molecule has 25 heavy (non-hydrogen) atoms. The molecule has 0 saturated carbocycles. The van der Waals surface area contributed by atoms with Crippen LogP contribution in [-0.4, -0.2) is 30.5 Å². The Labute approximate surface area is 149 Å². The van der Waals surface area contributed by atoms with E-state index in [0.29, 0.717) is 0 Å². The molecule has 1 N–H and O–H groups in total. The Hall–Kier alpha value is -2.33. The van der Waals surface area contributed by atoms with Crippen LogP contribution in [0.3, 0.4) is 0 Å². The molecular weight excluding hydrogens is 312 g/mol. The molecule has 1 saturated heterocycles. The van der Waals surface area contributed by atoms with Crippen molar-refractivity contribution in [2.75, 3.05) is 13.7 Å². The van der Waals surface area contributed by atoms with Crippen LogP contribution in [0.15, 0.2) is 54.6 Å². The average molecular weight is 338 g/mol. The zero-order valence-corrected chi connectivity index (χ0v) is 14.9. The minimum absolute atomic E-state index is 0.0161. The van der Waals surface area contributed by atoms with E-state index < -0.39 is 0 Å². The standard InChI is InChI=1S/C21H26N2O2/c1-16(18-10-12-19(25-2)13-11-18)22-21(24)20-9-6-14-23(20)15-17-7-4-3-5-8-17/h3-5,7-8,10-13,16,20H,6,9,14-15H2,1-2H3,(H,22,24)/t16-,20-/m1/s1. The first kappa shape index (κ1) is 17.5. The lowest BCUT2D eigenvalue weighted by atomic mass is 10.1. The van der Waals surface area contributed by atoms with Crippen molar-refractivity contribution in [2.24, 2.45) is 0 Å². The summed E-state index contributed by atoms with van der Waals surface area (Å²) in [5.41, 5.74) is 2.34. The zero-order chi connectivity index (χ0) is 17.6. The second-order valence-corrected chi connectivity index (χ2v) is 6.62. The van der Waals surface area contributed by atoms with E-state index in [-0.39, 0.29) is 18.0 Å². The summed E-state index contributed by atoms with van der Waals surface area (Å²) in [6.07, 6.45) is 2.00. The van der Waals surface area contributed by atoms with Gasteiger partial charge in [0.25, 0.3) is 0 Å². The number of hydrogen-bond donors (Lipinski definition) is 1. The fourth-order valence-electron chi connectivity index (χ4n) is 3.42. The summed E-state index contributed by atoms with van der Waals surface area (Å²) >= 11 is 0. The Morgan fingerprint density at radius 3 is 2.60 bits per heavy atom. The number of carbonyl (C=O) groups excluding carboxylic acids is 1. The van der Waals surface area contributed by atoms with Gasteiger partial charge in [-0.25, -0.2) is 0 Å². The number of nitrogens with zero attached hydrogens (tertiary/aromatic N) is 1. The normalized spacial score (nSPS) is 18.7. The average Bonchev–Trinajstić information content (AvgIpc) is 3.11. The molecule has 4 nitrogen and oxygen atoms in total. The molecule has 2 aromatic rings. The van der Waals surface area contributed by atoms with Gasteiger partial charge in [-0.2, -0.15) is 0 Å². The maximum atomic E-state index is 12.8. The van der Waals surface area contributed by atoms with Crippen LogP contribution in [-0.2, 0) is 11.3 Å². The van der Waals surface area contributed by atoms with Gasteiger partial charge in [-0.05, 0) is 49.6 Å². The molecule has 2 aromatic carbocycles. The number of ether oxygens (including phenoxy) is 1. The van der Waals surface area contributed by atoms with Crippen LogP contribution in [0.25, 0.3) is 0 Å². The summed E-state index contributed by atoms with van der Waals surface area (Å²) in [6.45, 7) is 3.83. The number of hydrogen-bond acceptors (Lipinski definition) is 3. The maximum Gasteiger partial charge on any atom is 0.237 e. The number of rotatable bonds is 6. The predicted molar refractivity (Wildman–Crippen MR) is 99.4 cm³/mol. The van der Waals surface area contributed by atoms with Gasteiger partial charge in [0.15, 0.2) is 0 Å². The molecule has 0 spiro atoms. The first-order chi connectivity index (χ1) is 12.2. The SMILES string of the molecule is COc1ccc([C@@H](C)NC(=O)[C@H]2CCCN2Cc2ccccc2)cc1. The molecule has 0 aromatic heterocycles. The van der Waals surface area contributed by atoms with Gasteiger partial charge in [-0.1, -0.05) is 42.5 Å². The van der Waals surface area contributed by atoms with Gasteiger partial charge < -0.3 is 10.1 Å². The molecule has 4 heteroatoms. The molecule has 132 valence electrons. The molecule has 1 aliphatic heterocycles. The number of carbonyl (C=O) groups is 1. The molecular formula is C21H26N2O2. The largest absolute Gasteiger partial charge is 0.497 e. The smallest absolute Gasteiger partial charge is 0.237 e. The highest BCUT2D eigenvalue weighted by Gasteiger charge is 2.31. The van der Waals surface area contributed by atoms with E-state index in [0.717, 1.165) is 37.2 Å². The highest BCUT2D eigenvalue weighted by Crippen LogP contribution is 2.22. The number of amides is 1. The van der Waals surface area contributed by atoms with Crippen molar-refractivity contribution in [3.8, 4) is 5.75 Å². The predicted octanol–water partition coefficient (Wildman–Crippen LogP) is 3.54. The van der Waals surface area contributed by atoms with Gasteiger partial charge in [-0.3, -0.25) is 9.69 Å². The van der Waals surface area contributed by atoms with Crippen molar-refractivity contribution in [3.63, 3.8) is 0 Å². The monoisotopic (exact) mass is 338 g/mol. The Bertz CT molecular complexity index is 685. The maximum absolute atomic E-state index is 12.8. The van der Waals surface area contributed by atoms with Crippen molar-refractivity contribution in [3.05, 3.63) is 65.7 Å². The van der Waals surface area contributed by atoms with E-state index in [4.69, 9.17) is 4.74 Å². The topological polar surface area (TPSA) is 41.6 Å². The first-order valence-electron chi connectivity index (χ1n) is 8.89. The van der Waals surface area contributed by atoms with Gasteiger partial charge in [0.1, 0.15) is 5.75 Å². The van der Waals surface area contributed by atoms with Gasteiger partial charge in [-0.15, -0.1) is 0 Å². The Morgan fingerprint density at radius 1 is 1.20 bits per heavy atom. The van der Waals surface area contributed by atoms with Crippen molar-refractivity contribution < 1.29 is 9.53 Å². The molecule has 2 atom stereocenters. The highest BCUT2D eigenvalue weighted by atomic mass is 16.5. The fourth-order valence-corrected chi connectivity index (χ4v) is 3.42. The second kappa shape index (κ2) is 8.17. The molecule has 1 aliphatic rings. The minimum Gasteiger partial charge on any atom is -0.497 e. The third kappa shape index (κ3) is 4.40. The summed E-state index contributed by atoms with van der Waals surface area (Å²) in [7, 11) is 1.65. The summed E-state index contributed by atoms with van der Waals surface area (Å²) in [6, 6.07) is 18.1. The van der Waals surface area contributed by atoms with E-state index in [1.165, 1.54) is 5.56 Å². The number of benzene rings is 2. The van der Waals surface area contributed by atoms with E-state index in [1.807, 2.05) is 49.4 Å². The van der Waals surface area contributed by atoms with E-state index in [2.05, 4.69) is 22.3 Å². The van der Waals surface area contributed by atoms with Crippen LogP contribution in [0, 0.1) is 0 Å². The Balaban J connectivity index is 1.60. The molecule has 1 amide bonds. The lowest BCUT2D eigenvalue weighted by molar-refractivity contribution is -0.126. The summed E-state index contributed by atoms with van der Waals surface area (Å²) in [4.78, 5) is 15.1. The quantitative estimate of drug-likeness (QED) is 0.876. The Morgan fingerprint density at radius 2 is 1.92 bits per heavy atom. The number of nitrogens with one attached hydrogen (secondary N) is 1. The lowest BCUT2D eigenvalue weighted by Gasteiger charge is -2.25. The fraction of sp³-hybridized carbons (Fsp3) is 0.381. The van der Waals surface area contributed by atoms with E-state index in [9.17, 15) is 4.79 Å². The van der Waals surface area contributed by atoms with E-state index >= 15 is 0 Å². The highest BCUT2D eigenvalue weighted by molar-refractivity contribution is 5.82. The summed E-state index contributed by atoms with van der Waals surface area (Å²) < 4.78 is 5.19. The van der Waals surface area contributed by atoms with Crippen molar-refractivity contribution in [1.82, 2.24) is 10.2 Å². The molecule has 0 aliphatic carbocycles. The molecule has 3 rings (SSSR count). The molecule has 0 unspecified atom stereocenters. The van der Waals surface area contributed by atoms with E-state index in [1.54, 1.807) is 7.11 Å². The second-order valence-electron chi connectivity index (χ2n) is 6.62. The molecule has 1 heterocycles. The van der Waals surface area contributed by atoms with Crippen LogP contribution in [0.2, 0.25) is 0 Å². The van der Waals surface area contributed by atoms with Crippen LogP contribution in [0.4, 0.5) is 0 Å². The number of methoxy groups -OCH3 is 1. The molecule has 0 bridgehead atoms. The van der Waals surface area contributed by atoms with Gasteiger partial charge in [0.05, 0.1) is 19.2 Å². The van der Waals surface area contributed by atoms with Crippen molar-refractivity contribution >= 4 is 5.91 Å². The van der Waals surface area contributed by atoms with Crippen LogP contribution in [0.5, 0.6) is 5.75 Å². The van der Waals surface area contributed by atoms with Gasteiger partial charge in [0.2, 0.25) is 5.91 Å². The minimum atomic E-state index is -0.0408. The van der Waals surface area contributed by atoms with Gasteiger partial charge >= 0.3 is 0 Å². The van der Waals surface area contributed by atoms with Crippen molar-refractivity contribution in [2.45, 2.75) is 38.4 Å². The molecule has 0 radical (unpaired) electrons. The lowest BCUT2D eigenvalue weighted by Crippen LogP contribution is -2.43. The Kier molecular flexibility index (Phi) is 5.71. The third-order valence-corrected chi connectivity index (χ3v) is 4.87. The first-order valence-corrected chi connectivity index (χ1v) is 8.89. The summed E-state index contributed by atoms with van der Waals surface area (Å²) in [5, 5.41) is 3.17. The van der Waals surface area contributed by atoms with Crippen LogP contribution < -0.4 is 10.1 Å². The van der Waals surface area contributed by atoms with Crippen molar-refractivity contribution in [1.29, 1.82) is 0 Å². The van der Waals surface area contributed by atoms with Crippen LogP contribution in [0.1, 0.15) is 36.9 Å². The van der Waals surface area contributed by atoms with Crippen LogP contribution >= 0.6 is 0 Å². The summed E-state index contributed by atoms with van der Waals surface area (Å²) in [5.74, 6) is 0.948. The third-order valence-electron chi connectivity index (χ3n) is 4.87. The van der Waals surface area contributed by atoms with Gasteiger partial charge in [0, 0.05) is 6.54 Å². The molecule has 1 fully saturated rings.